The molecule has 2 nitrogen and oxygen atoms in total. The number of anilines is 1. The van der Waals surface area contributed by atoms with Crippen molar-refractivity contribution >= 4 is 33.3 Å². The molecule has 0 fully saturated rings. The van der Waals surface area contributed by atoms with E-state index in [2.05, 4.69) is 39.2 Å². The Kier molecular flexibility index (Phi) is 6.81. The van der Waals surface area contributed by atoms with E-state index in [1.54, 1.807) is 0 Å². The quantitative estimate of drug-likeness (QED) is 0.598. The average molecular weight is 306 g/mol. The molecule has 90 valence electrons. The van der Waals surface area contributed by atoms with Crippen LogP contribution in [0.1, 0.15) is 31.2 Å². The van der Waals surface area contributed by atoms with Crippen molar-refractivity contribution in [3.05, 3.63) is 22.3 Å². The summed E-state index contributed by atoms with van der Waals surface area (Å²) in [6.45, 7) is 3.05. The van der Waals surface area contributed by atoms with Crippen molar-refractivity contribution in [3.63, 3.8) is 0 Å². The number of aromatic nitrogens is 1. The molecule has 0 aliphatic carbocycles. The van der Waals surface area contributed by atoms with E-state index in [-0.39, 0.29) is 0 Å². The number of nitrogens with zero attached hydrogens (tertiary/aromatic N) is 1. The molecule has 0 saturated carbocycles. The standard InChI is InChI=1S/C12H18BrClN2/c1-10-8-11(13)9-16-12(10)15-7-5-3-2-4-6-14/h8-9H,2-7H2,1H3,(H,15,16). The summed E-state index contributed by atoms with van der Waals surface area (Å²) in [5.41, 5.74) is 1.18. The monoisotopic (exact) mass is 304 g/mol. The Balaban J connectivity index is 2.21. The highest BCUT2D eigenvalue weighted by Gasteiger charge is 1.99. The molecule has 0 atom stereocenters. The zero-order chi connectivity index (χ0) is 11.8. The highest BCUT2D eigenvalue weighted by molar-refractivity contribution is 9.10. The molecule has 0 unspecified atom stereocenters. The highest BCUT2D eigenvalue weighted by Crippen LogP contribution is 2.16. The van der Waals surface area contributed by atoms with Gasteiger partial charge < -0.3 is 5.32 Å². The summed E-state index contributed by atoms with van der Waals surface area (Å²) in [5.74, 6) is 1.77. The van der Waals surface area contributed by atoms with Crippen molar-refractivity contribution in [2.45, 2.75) is 32.6 Å². The Bertz CT molecular complexity index is 318. The fourth-order valence-corrected chi connectivity index (χ4v) is 2.14. The number of hydrogen-bond donors (Lipinski definition) is 1. The number of nitrogens with one attached hydrogen (secondary N) is 1. The third kappa shape index (κ3) is 5.17. The molecule has 0 aliphatic heterocycles. The van der Waals surface area contributed by atoms with Crippen LogP contribution in [-0.4, -0.2) is 17.4 Å². The van der Waals surface area contributed by atoms with E-state index in [4.69, 9.17) is 11.6 Å². The SMILES string of the molecule is Cc1cc(Br)cnc1NCCCCCCCl. The fourth-order valence-electron chi connectivity index (χ4n) is 1.51. The summed E-state index contributed by atoms with van der Waals surface area (Å²) in [7, 11) is 0. The predicted molar refractivity (Wildman–Crippen MR) is 74.4 cm³/mol. The maximum Gasteiger partial charge on any atom is 0.128 e. The molecule has 0 bridgehead atoms. The maximum atomic E-state index is 5.62. The molecule has 0 saturated heterocycles. The zero-order valence-corrected chi connectivity index (χ0v) is 11.9. The first-order chi connectivity index (χ1) is 7.74. The van der Waals surface area contributed by atoms with E-state index in [1.807, 2.05) is 6.20 Å². The number of hydrogen-bond acceptors (Lipinski definition) is 2. The lowest BCUT2D eigenvalue weighted by molar-refractivity contribution is 0.686. The molecule has 0 amide bonds. The molecule has 1 N–H and O–H groups in total. The van der Waals surface area contributed by atoms with Gasteiger partial charge in [-0.05, 0) is 47.3 Å². The Morgan fingerprint density at radius 1 is 1.31 bits per heavy atom. The first kappa shape index (κ1) is 13.8. The van der Waals surface area contributed by atoms with Crippen molar-refractivity contribution in [3.8, 4) is 0 Å². The molecule has 1 rings (SSSR count). The summed E-state index contributed by atoms with van der Waals surface area (Å²) in [6.07, 6.45) is 6.57. The summed E-state index contributed by atoms with van der Waals surface area (Å²) in [6, 6.07) is 2.07. The largest absolute Gasteiger partial charge is 0.370 e. The van der Waals surface area contributed by atoms with Gasteiger partial charge in [0.05, 0.1) is 0 Å². The second-order valence-corrected chi connectivity index (χ2v) is 5.14. The van der Waals surface area contributed by atoms with Gasteiger partial charge in [0.15, 0.2) is 0 Å². The van der Waals surface area contributed by atoms with Crippen molar-refractivity contribution in [1.82, 2.24) is 4.98 Å². The van der Waals surface area contributed by atoms with E-state index in [0.29, 0.717) is 0 Å². The van der Waals surface area contributed by atoms with Crippen molar-refractivity contribution < 1.29 is 0 Å². The molecule has 1 aromatic rings. The van der Waals surface area contributed by atoms with E-state index in [9.17, 15) is 0 Å². The molecule has 1 heterocycles. The van der Waals surface area contributed by atoms with Crippen LogP contribution < -0.4 is 5.32 Å². The van der Waals surface area contributed by atoms with Gasteiger partial charge in [-0.25, -0.2) is 4.98 Å². The van der Waals surface area contributed by atoms with E-state index < -0.39 is 0 Å². The number of rotatable bonds is 7. The van der Waals surface area contributed by atoms with E-state index in [1.165, 1.54) is 24.8 Å². The zero-order valence-electron chi connectivity index (χ0n) is 9.60. The third-order valence-electron chi connectivity index (χ3n) is 2.40. The van der Waals surface area contributed by atoms with Crippen molar-refractivity contribution in [1.29, 1.82) is 0 Å². The normalized spacial score (nSPS) is 10.4. The molecule has 4 heteroatoms. The van der Waals surface area contributed by atoms with Gasteiger partial charge in [-0.3, -0.25) is 0 Å². The van der Waals surface area contributed by atoms with Gasteiger partial charge in [0.2, 0.25) is 0 Å². The summed E-state index contributed by atoms with van der Waals surface area (Å²) in [5, 5.41) is 3.35. The van der Waals surface area contributed by atoms with E-state index in [0.717, 1.165) is 29.1 Å². The van der Waals surface area contributed by atoms with Crippen LogP contribution in [0.15, 0.2) is 16.7 Å². The van der Waals surface area contributed by atoms with Crippen LogP contribution in [0.3, 0.4) is 0 Å². The average Bonchev–Trinajstić information content (AvgIpc) is 2.26. The Hall–Kier alpha value is -0.280. The lowest BCUT2D eigenvalue weighted by atomic mass is 10.2. The second-order valence-electron chi connectivity index (χ2n) is 3.85. The lowest BCUT2D eigenvalue weighted by Crippen LogP contribution is -2.04. The number of aryl methyl sites for hydroxylation is 1. The third-order valence-corrected chi connectivity index (χ3v) is 3.10. The minimum absolute atomic E-state index is 0.779. The fraction of sp³-hybridized carbons (Fsp3) is 0.583. The van der Waals surface area contributed by atoms with Gasteiger partial charge in [0.1, 0.15) is 5.82 Å². The molecule has 0 spiro atoms. The van der Waals surface area contributed by atoms with Crippen molar-refractivity contribution in [2.24, 2.45) is 0 Å². The Morgan fingerprint density at radius 2 is 2.06 bits per heavy atom. The van der Waals surface area contributed by atoms with Gasteiger partial charge >= 0.3 is 0 Å². The van der Waals surface area contributed by atoms with Crippen LogP contribution in [0.5, 0.6) is 0 Å². The van der Waals surface area contributed by atoms with Crippen LogP contribution >= 0.6 is 27.5 Å². The van der Waals surface area contributed by atoms with E-state index >= 15 is 0 Å². The predicted octanol–water partition coefficient (Wildman–Crippen LogP) is 4.36. The topological polar surface area (TPSA) is 24.9 Å². The summed E-state index contributed by atoms with van der Waals surface area (Å²) in [4.78, 5) is 4.33. The van der Waals surface area contributed by atoms with Crippen LogP contribution in [0.4, 0.5) is 5.82 Å². The Morgan fingerprint density at radius 3 is 2.75 bits per heavy atom. The molecule has 0 radical (unpaired) electrons. The molecule has 0 aromatic carbocycles. The van der Waals surface area contributed by atoms with Crippen LogP contribution in [0, 0.1) is 6.92 Å². The summed E-state index contributed by atoms with van der Waals surface area (Å²) >= 11 is 9.02. The number of unbranched alkanes of at least 4 members (excludes halogenated alkanes) is 3. The van der Waals surface area contributed by atoms with Crippen LogP contribution in [0.25, 0.3) is 0 Å². The minimum Gasteiger partial charge on any atom is -0.370 e. The van der Waals surface area contributed by atoms with Gasteiger partial charge in [0, 0.05) is 23.1 Å². The minimum atomic E-state index is 0.779. The van der Waals surface area contributed by atoms with Crippen molar-refractivity contribution in [2.75, 3.05) is 17.7 Å². The van der Waals surface area contributed by atoms with Crippen LogP contribution in [-0.2, 0) is 0 Å². The molecule has 0 aliphatic rings. The number of alkyl halides is 1. The first-order valence-electron chi connectivity index (χ1n) is 5.66. The van der Waals surface area contributed by atoms with Crippen LogP contribution in [0.2, 0.25) is 0 Å². The smallest absolute Gasteiger partial charge is 0.128 e. The van der Waals surface area contributed by atoms with Gasteiger partial charge in [-0.2, -0.15) is 0 Å². The lowest BCUT2D eigenvalue weighted by Gasteiger charge is -2.08. The van der Waals surface area contributed by atoms with Gasteiger partial charge in [-0.1, -0.05) is 12.8 Å². The van der Waals surface area contributed by atoms with Gasteiger partial charge in [-0.15, -0.1) is 11.6 Å². The Labute approximate surface area is 111 Å². The molecular weight excluding hydrogens is 288 g/mol. The maximum absolute atomic E-state index is 5.62. The summed E-state index contributed by atoms with van der Waals surface area (Å²) < 4.78 is 1.03. The first-order valence-corrected chi connectivity index (χ1v) is 6.99. The second kappa shape index (κ2) is 7.91. The number of pyridine rings is 1. The number of halogens is 2. The highest BCUT2D eigenvalue weighted by atomic mass is 79.9. The molecule has 1 aromatic heterocycles. The molecular formula is C12H18BrClN2. The molecule has 16 heavy (non-hydrogen) atoms. The van der Waals surface area contributed by atoms with Gasteiger partial charge in [0.25, 0.3) is 0 Å².